The summed E-state index contributed by atoms with van der Waals surface area (Å²) in [4.78, 5) is 26.5. The molecule has 3 rings (SSSR count). The smallest absolute Gasteiger partial charge is 0.405 e. The standard InChI is InChI=1S/C21H20F4N2O3/c22-17-7-5-15(6-8-17)20(29)27-11-9-14(10-12-27)19(28)26-13-16-3-1-2-4-18(16)30-21(23,24)25/h1-8,14H,9-13H2,(H,26,28). The predicted molar refractivity (Wildman–Crippen MR) is 100.0 cm³/mol. The number of hydrogen-bond acceptors (Lipinski definition) is 3. The Balaban J connectivity index is 1.51. The van der Waals surface area contributed by atoms with Gasteiger partial charge in [0.2, 0.25) is 5.91 Å². The lowest BCUT2D eigenvalue weighted by molar-refractivity contribution is -0.274. The Morgan fingerprint density at radius 1 is 1.03 bits per heavy atom. The summed E-state index contributed by atoms with van der Waals surface area (Å²) in [6.07, 6.45) is -3.96. The van der Waals surface area contributed by atoms with Crippen LogP contribution in [0.4, 0.5) is 17.6 Å². The van der Waals surface area contributed by atoms with Crippen LogP contribution in [0.2, 0.25) is 0 Å². The van der Waals surface area contributed by atoms with Crippen molar-refractivity contribution in [3.05, 3.63) is 65.5 Å². The first-order valence-electron chi connectivity index (χ1n) is 9.39. The van der Waals surface area contributed by atoms with Crippen LogP contribution in [0.5, 0.6) is 5.75 Å². The topological polar surface area (TPSA) is 58.6 Å². The van der Waals surface area contributed by atoms with E-state index in [4.69, 9.17) is 0 Å². The average Bonchev–Trinajstić information content (AvgIpc) is 2.72. The molecule has 0 aromatic heterocycles. The Labute approximate surface area is 170 Å². The van der Waals surface area contributed by atoms with Gasteiger partial charge in [-0.2, -0.15) is 0 Å². The molecule has 1 fully saturated rings. The third-order valence-electron chi connectivity index (χ3n) is 4.90. The molecule has 2 aromatic carbocycles. The molecule has 2 amide bonds. The molecule has 0 unspecified atom stereocenters. The van der Waals surface area contributed by atoms with Gasteiger partial charge in [-0.1, -0.05) is 18.2 Å². The van der Waals surface area contributed by atoms with Crippen LogP contribution in [0.1, 0.15) is 28.8 Å². The van der Waals surface area contributed by atoms with Gasteiger partial charge in [0.15, 0.2) is 0 Å². The zero-order chi connectivity index (χ0) is 21.7. The summed E-state index contributed by atoms with van der Waals surface area (Å²) in [5.41, 5.74) is 0.590. The number of halogens is 4. The van der Waals surface area contributed by atoms with Crippen molar-refractivity contribution < 1.29 is 31.9 Å². The molecule has 9 heteroatoms. The lowest BCUT2D eigenvalue weighted by Crippen LogP contribution is -2.43. The molecule has 1 N–H and O–H groups in total. The van der Waals surface area contributed by atoms with Crippen LogP contribution in [0, 0.1) is 11.7 Å². The minimum atomic E-state index is -4.82. The van der Waals surface area contributed by atoms with Gasteiger partial charge in [-0.05, 0) is 43.2 Å². The molecule has 1 aliphatic heterocycles. The van der Waals surface area contributed by atoms with E-state index in [-0.39, 0.29) is 35.6 Å². The number of nitrogens with one attached hydrogen (secondary N) is 1. The summed E-state index contributed by atoms with van der Waals surface area (Å²) in [5.74, 6) is -1.65. The number of carbonyl (C=O) groups is 2. The van der Waals surface area contributed by atoms with E-state index in [1.807, 2.05) is 0 Å². The molecule has 0 bridgehead atoms. The molecule has 1 aliphatic rings. The van der Waals surface area contributed by atoms with Crippen LogP contribution >= 0.6 is 0 Å². The van der Waals surface area contributed by atoms with E-state index in [0.29, 0.717) is 31.5 Å². The van der Waals surface area contributed by atoms with Crippen molar-refractivity contribution in [2.75, 3.05) is 13.1 Å². The lowest BCUT2D eigenvalue weighted by Gasteiger charge is -2.31. The molecule has 0 spiro atoms. The van der Waals surface area contributed by atoms with Gasteiger partial charge in [0, 0.05) is 36.7 Å². The fourth-order valence-corrected chi connectivity index (χ4v) is 3.32. The summed E-state index contributed by atoms with van der Waals surface area (Å²) >= 11 is 0. The number of hydrogen-bond donors (Lipinski definition) is 1. The highest BCUT2D eigenvalue weighted by Gasteiger charge is 2.32. The summed E-state index contributed by atoms with van der Waals surface area (Å²) in [6.45, 7) is 0.629. The molecule has 30 heavy (non-hydrogen) atoms. The Hall–Kier alpha value is -3.10. The lowest BCUT2D eigenvalue weighted by atomic mass is 9.95. The van der Waals surface area contributed by atoms with Gasteiger partial charge in [-0.15, -0.1) is 13.2 Å². The van der Waals surface area contributed by atoms with Gasteiger partial charge in [0.05, 0.1) is 0 Å². The van der Waals surface area contributed by atoms with Crippen molar-refractivity contribution in [1.29, 1.82) is 0 Å². The van der Waals surface area contributed by atoms with Gasteiger partial charge in [-0.25, -0.2) is 4.39 Å². The maximum Gasteiger partial charge on any atom is 0.573 e. The van der Waals surface area contributed by atoms with Crippen molar-refractivity contribution >= 4 is 11.8 Å². The van der Waals surface area contributed by atoms with Crippen LogP contribution < -0.4 is 10.1 Å². The Bertz CT molecular complexity index is 892. The molecule has 0 saturated carbocycles. The number of piperidine rings is 1. The largest absolute Gasteiger partial charge is 0.573 e. The molecule has 0 atom stereocenters. The fraction of sp³-hybridized carbons (Fsp3) is 0.333. The quantitative estimate of drug-likeness (QED) is 0.741. The number of alkyl halides is 3. The van der Waals surface area contributed by atoms with Crippen LogP contribution in [0.3, 0.4) is 0 Å². The van der Waals surface area contributed by atoms with Crippen molar-refractivity contribution in [1.82, 2.24) is 10.2 Å². The first kappa shape index (κ1) is 21.6. The van der Waals surface area contributed by atoms with Crippen LogP contribution in [-0.4, -0.2) is 36.2 Å². The Morgan fingerprint density at radius 3 is 2.30 bits per heavy atom. The third-order valence-corrected chi connectivity index (χ3v) is 4.90. The Kier molecular flexibility index (Phi) is 6.59. The number of carbonyl (C=O) groups excluding carboxylic acids is 2. The summed E-state index contributed by atoms with van der Waals surface area (Å²) < 4.78 is 54.5. The van der Waals surface area contributed by atoms with Crippen molar-refractivity contribution in [2.45, 2.75) is 25.7 Å². The van der Waals surface area contributed by atoms with Gasteiger partial charge < -0.3 is 15.0 Å². The highest BCUT2D eigenvalue weighted by atomic mass is 19.4. The second-order valence-electron chi connectivity index (χ2n) is 6.95. The van der Waals surface area contributed by atoms with E-state index in [1.54, 1.807) is 11.0 Å². The summed E-state index contributed by atoms with van der Waals surface area (Å²) in [7, 11) is 0. The van der Waals surface area contributed by atoms with Crippen molar-refractivity contribution in [2.24, 2.45) is 5.92 Å². The van der Waals surface area contributed by atoms with E-state index in [1.165, 1.54) is 42.5 Å². The van der Waals surface area contributed by atoms with E-state index in [2.05, 4.69) is 10.1 Å². The van der Waals surface area contributed by atoms with Crippen LogP contribution in [0.25, 0.3) is 0 Å². The van der Waals surface area contributed by atoms with E-state index < -0.39 is 12.2 Å². The predicted octanol–water partition coefficient (Wildman–Crippen LogP) is 3.89. The molecular weight excluding hydrogens is 404 g/mol. The SMILES string of the molecule is O=C(NCc1ccccc1OC(F)(F)F)C1CCN(C(=O)c2ccc(F)cc2)CC1. The highest BCUT2D eigenvalue weighted by Crippen LogP contribution is 2.26. The zero-order valence-corrected chi connectivity index (χ0v) is 15.9. The summed E-state index contributed by atoms with van der Waals surface area (Å²) in [6, 6.07) is 10.9. The molecule has 5 nitrogen and oxygen atoms in total. The molecule has 1 saturated heterocycles. The number of amides is 2. The first-order valence-corrected chi connectivity index (χ1v) is 9.39. The molecule has 1 heterocycles. The number of nitrogens with zero attached hydrogens (tertiary/aromatic N) is 1. The minimum Gasteiger partial charge on any atom is -0.405 e. The Morgan fingerprint density at radius 2 is 1.67 bits per heavy atom. The van der Waals surface area contributed by atoms with Gasteiger partial charge >= 0.3 is 6.36 Å². The first-order chi connectivity index (χ1) is 14.2. The third kappa shape index (κ3) is 5.71. The van der Waals surface area contributed by atoms with E-state index in [9.17, 15) is 27.2 Å². The number of rotatable bonds is 5. The maximum absolute atomic E-state index is 13.0. The second kappa shape index (κ2) is 9.15. The second-order valence-corrected chi connectivity index (χ2v) is 6.95. The maximum atomic E-state index is 13.0. The monoisotopic (exact) mass is 424 g/mol. The number of likely N-dealkylation sites (tertiary alicyclic amines) is 1. The summed E-state index contributed by atoms with van der Waals surface area (Å²) in [5, 5.41) is 2.65. The fourth-order valence-electron chi connectivity index (χ4n) is 3.32. The molecule has 2 aromatic rings. The van der Waals surface area contributed by atoms with E-state index in [0.717, 1.165) is 0 Å². The highest BCUT2D eigenvalue weighted by molar-refractivity contribution is 5.94. The average molecular weight is 424 g/mol. The normalized spacial score (nSPS) is 15.0. The van der Waals surface area contributed by atoms with Crippen LogP contribution in [-0.2, 0) is 11.3 Å². The van der Waals surface area contributed by atoms with Gasteiger partial charge in [-0.3, -0.25) is 9.59 Å². The van der Waals surface area contributed by atoms with Crippen molar-refractivity contribution in [3.8, 4) is 5.75 Å². The zero-order valence-electron chi connectivity index (χ0n) is 15.9. The van der Waals surface area contributed by atoms with E-state index >= 15 is 0 Å². The van der Waals surface area contributed by atoms with Gasteiger partial charge in [0.1, 0.15) is 11.6 Å². The molecular formula is C21H20F4N2O3. The molecule has 160 valence electrons. The van der Waals surface area contributed by atoms with Gasteiger partial charge in [0.25, 0.3) is 5.91 Å². The number of para-hydroxylation sites is 1. The van der Waals surface area contributed by atoms with Crippen molar-refractivity contribution in [3.63, 3.8) is 0 Å². The van der Waals surface area contributed by atoms with Crippen LogP contribution in [0.15, 0.2) is 48.5 Å². The number of benzene rings is 2. The molecule has 0 aliphatic carbocycles. The molecule has 0 radical (unpaired) electrons. The number of ether oxygens (including phenoxy) is 1. The minimum absolute atomic E-state index is 0.0974.